The number of amides is 1. The van der Waals surface area contributed by atoms with Crippen LogP contribution in [0.3, 0.4) is 0 Å². The van der Waals surface area contributed by atoms with E-state index in [2.05, 4.69) is 0 Å². The highest BCUT2D eigenvalue weighted by molar-refractivity contribution is 5.91. The number of hydrogen-bond donors (Lipinski definition) is 1. The van der Waals surface area contributed by atoms with Crippen molar-refractivity contribution < 1.29 is 24.2 Å². The molecule has 1 aromatic carbocycles. The Morgan fingerprint density at radius 2 is 2.12 bits per heavy atom. The van der Waals surface area contributed by atoms with Crippen molar-refractivity contribution in [1.29, 1.82) is 0 Å². The molecule has 126 valence electrons. The average Bonchev–Trinajstić information content (AvgIpc) is 3.22. The summed E-state index contributed by atoms with van der Waals surface area (Å²) in [7, 11) is 1.61. The molecule has 2 fully saturated rings. The first-order chi connectivity index (χ1) is 11.5. The standard InChI is InChI=1S/C18H19NO5/c1-10(11-3-5-12(23-2)6-4-11)19-9-18-8-7-13(24-18)14(17(21)22)15(18)16(19)20/h3-8,10,13-15H,9H2,1-2H3,(H,21,22)/t10-,13+,14-,15-,18+/m0/s1. The fourth-order valence-corrected chi connectivity index (χ4v) is 4.20. The Morgan fingerprint density at radius 1 is 1.42 bits per heavy atom. The first-order valence-corrected chi connectivity index (χ1v) is 8.01. The van der Waals surface area contributed by atoms with Gasteiger partial charge in [-0.3, -0.25) is 9.59 Å². The number of rotatable bonds is 4. The lowest BCUT2D eigenvalue weighted by Crippen LogP contribution is -2.39. The van der Waals surface area contributed by atoms with Crippen LogP contribution in [0.5, 0.6) is 5.75 Å². The van der Waals surface area contributed by atoms with Gasteiger partial charge in [0.25, 0.3) is 0 Å². The molecule has 5 atom stereocenters. The molecular formula is C18H19NO5. The van der Waals surface area contributed by atoms with Gasteiger partial charge in [-0.15, -0.1) is 0 Å². The third-order valence-electron chi connectivity index (χ3n) is 5.48. The number of benzene rings is 1. The molecule has 2 saturated heterocycles. The van der Waals surface area contributed by atoms with Gasteiger partial charge in [0.05, 0.1) is 31.7 Å². The minimum atomic E-state index is -0.969. The maximum absolute atomic E-state index is 12.9. The minimum absolute atomic E-state index is 0.141. The number of fused-ring (bicyclic) bond motifs is 1. The van der Waals surface area contributed by atoms with E-state index in [1.165, 1.54) is 0 Å². The van der Waals surface area contributed by atoms with E-state index in [9.17, 15) is 14.7 Å². The Kier molecular flexibility index (Phi) is 3.22. The molecule has 6 nitrogen and oxygen atoms in total. The highest BCUT2D eigenvalue weighted by Gasteiger charge is 2.67. The smallest absolute Gasteiger partial charge is 0.310 e. The van der Waals surface area contributed by atoms with E-state index >= 15 is 0 Å². The van der Waals surface area contributed by atoms with Gasteiger partial charge in [-0.25, -0.2) is 0 Å². The molecule has 24 heavy (non-hydrogen) atoms. The fourth-order valence-electron chi connectivity index (χ4n) is 4.20. The van der Waals surface area contributed by atoms with Crippen LogP contribution >= 0.6 is 0 Å². The summed E-state index contributed by atoms with van der Waals surface area (Å²) in [5.41, 5.74) is 0.192. The van der Waals surface area contributed by atoms with Crippen molar-refractivity contribution in [2.45, 2.75) is 24.7 Å². The molecule has 1 aromatic rings. The number of carbonyl (C=O) groups excluding carboxylic acids is 1. The van der Waals surface area contributed by atoms with Crippen LogP contribution in [-0.4, -0.2) is 47.2 Å². The van der Waals surface area contributed by atoms with Crippen molar-refractivity contribution in [2.75, 3.05) is 13.7 Å². The largest absolute Gasteiger partial charge is 0.497 e. The Labute approximate surface area is 139 Å². The van der Waals surface area contributed by atoms with E-state index in [0.29, 0.717) is 6.54 Å². The summed E-state index contributed by atoms with van der Waals surface area (Å²) in [6.45, 7) is 2.34. The summed E-state index contributed by atoms with van der Waals surface area (Å²) in [6.07, 6.45) is 3.17. The third kappa shape index (κ3) is 1.92. The Morgan fingerprint density at radius 3 is 2.75 bits per heavy atom. The van der Waals surface area contributed by atoms with Crippen molar-refractivity contribution in [1.82, 2.24) is 4.90 Å². The number of methoxy groups -OCH3 is 1. The van der Waals surface area contributed by atoms with E-state index in [-0.39, 0.29) is 11.9 Å². The van der Waals surface area contributed by atoms with Gasteiger partial charge in [-0.2, -0.15) is 0 Å². The van der Waals surface area contributed by atoms with Gasteiger partial charge in [0.1, 0.15) is 17.3 Å². The Bertz CT molecular complexity index is 727. The maximum Gasteiger partial charge on any atom is 0.310 e. The van der Waals surface area contributed by atoms with Crippen LogP contribution < -0.4 is 4.74 Å². The Balaban J connectivity index is 1.63. The van der Waals surface area contributed by atoms with Crippen LogP contribution in [0.4, 0.5) is 0 Å². The van der Waals surface area contributed by atoms with Crippen LogP contribution in [0, 0.1) is 11.8 Å². The number of nitrogens with zero attached hydrogens (tertiary/aromatic N) is 1. The van der Waals surface area contributed by atoms with Crippen molar-refractivity contribution in [3.8, 4) is 5.75 Å². The number of carbonyl (C=O) groups is 2. The van der Waals surface area contributed by atoms with E-state index in [4.69, 9.17) is 9.47 Å². The summed E-state index contributed by atoms with van der Waals surface area (Å²) in [4.78, 5) is 26.3. The predicted octanol–water partition coefficient (Wildman–Crippen LogP) is 1.62. The minimum Gasteiger partial charge on any atom is -0.497 e. The molecule has 4 rings (SSSR count). The average molecular weight is 329 g/mol. The van der Waals surface area contributed by atoms with Crippen LogP contribution in [0.1, 0.15) is 18.5 Å². The number of ether oxygens (including phenoxy) is 2. The van der Waals surface area contributed by atoms with Gasteiger partial charge in [0.15, 0.2) is 0 Å². The summed E-state index contributed by atoms with van der Waals surface area (Å²) < 4.78 is 11.1. The summed E-state index contributed by atoms with van der Waals surface area (Å²) >= 11 is 0. The number of carboxylic acid groups (broad SMARTS) is 1. The fraction of sp³-hybridized carbons (Fsp3) is 0.444. The molecule has 0 aromatic heterocycles. The molecule has 1 N–H and O–H groups in total. The zero-order valence-electron chi connectivity index (χ0n) is 13.5. The zero-order valence-corrected chi connectivity index (χ0v) is 13.5. The van der Waals surface area contributed by atoms with Crippen LogP contribution in [0.2, 0.25) is 0 Å². The number of hydrogen-bond acceptors (Lipinski definition) is 4. The number of carboxylic acids is 1. The predicted molar refractivity (Wildman–Crippen MR) is 84.5 cm³/mol. The van der Waals surface area contributed by atoms with E-state index < -0.39 is 29.5 Å². The lowest BCUT2D eigenvalue weighted by atomic mass is 9.77. The highest BCUT2D eigenvalue weighted by Crippen LogP contribution is 2.53. The van der Waals surface area contributed by atoms with Crippen LogP contribution in [0.15, 0.2) is 36.4 Å². The van der Waals surface area contributed by atoms with Gasteiger partial charge >= 0.3 is 5.97 Å². The lowest BCUT2D eigenvalue weighted by Gasteiger charge is -2.27. The van der Waals surface area contributed by atoms with Crippen molar-refractivity contribution >= 4 is 11.9 Å². The van der Waals surface area contributed by atoms with E-state index in [1.54, 1.807) is 18.1 Å². The molecule has 0 radical (unpaired) electrons. The van der Waals surface area contributed by atoms with E-state index in [1.807, 2.05) is 37.3 Å². The molecule has 3 aliphatic heterocycles. The SMILES string of the molecule is COc1ccc([C@H](C)N2C[C@@]34C=C[C@@H](O3)[C@H](C(=O)O)[C@H]4C2=O)cc1. The van der Waals surface area contributed by atoms with Gasteiger partial charge in [0.2, 0.25) is 5.91 Å². The monoisotopic (exact) mass is 329 g/mol. The maximum atomic E-state index is 12.9. The topological polar surface area (TPSA) is 76.1 Å². The molecule has 2 bridgehead atoms. The second kappa shape index (κ2) is 5.08. The number of aliphatic carboxylic acids is 1. The summed E-state index contributed by atoms with van der Waals surface area (Å²) in [5, 5.41) is 9.50. The molecule has 6 heteroatoms. The molecular weight excluding hydrogens is 310 g/mol. The second-order valence-corrected chi connectivity index (χ2v) is 6.65. The van der Waals surface area contributed by atoms with Gasteiger partial charge in [-0.1, -0.05) is 24.3 Å². The lowest BCUT2D eigenvalue weighted by molar-refractivity contribution is -0.148. The van der Waals surface area contributed by atoms with Gasteiger partial charge in [-0.05, 0) is 24.6 Å². The zero-order chi connectivity index (χ0) is 17.1. The Hall–Kier alpha value is -2.34. The molecule has 1 spiro atoms. The van der Waals surface area contributed by atoms with Gasteiger partial charge < -0.3 is 19.5 Å². The van der Waals surface area contributed by atoms with Crippen molar-refractivity contribution in [3.63, 3.8) is 0 Å². The van der Waals surface area contributed by atoms with Crippen molar-refractivity contribution in [3.05, 3.63) is 42.0 Å². The molecule has 3 heterocycles. The van der Waals surface area contributed by atoms with E-state index in [0.717, 1.165) is 11.3 Å². The second-order valence-electron chi connectivity index (χ2n) is 6.65. The molecule has 0 saturated carbocycles. The normalized spacial score (nSPS) is 34.5. The molecule has 3 aliphatic rings. The first kappa shape index (κ1) is 15.2. The van der Waals surface area contributed by atoms with Crippen molar-refractivity contribution in [2.24, 2.45) is 11.8 Å². The van der Waals surface area contributed by atoms with Gasteiger partial charge in [0, 0.05) is 0 Å². The van der Waals surface area contributed by atoms with Crippen LogP contribution in [0.25, 0.3) is 0 Å². The molecule has 1 amide bonds. The molecule has 0 unspecified atom stereocenters. The highest BCUT2D eigenvalue weighted by atomic mass is 16.5. The molecule has 0 aliphatic carbocycles. The summed E-state index contributed by atoms with van der Waals surface area (Å²) in [6, 6.07) is 7.39. The number of likely N-dealkylation sites (tertiary alicyclic amines) is 1. The third-order valence-corrected chi connectivity index (χ3v) is 5.48. The first-order valence-electron chi connectivity index (χ1n) is 8.01. The van der Waals surface area contributed by atoms with Crippen LogP contribution in [-0.2, 0) is 14.3 Å². The quantitative estimate of drug-likeness (QED) is 0.850. The summed E-state index contributed by atoms with van der Waals surface area (Å²) in [5.74, 6) is -1.78.